The second-order valence-electron chi connectivity index (χ2n) is 6.24. The zero-order chi connectivity index (χ0) is 12.3. The number of hydrogen-bond donors (Lipinski definition) is 1. The Morgan fingerprint density at radius 2 is 2.17 bits per heavy atom. The van der Waals surface area contributed by atoms with Gasteiger partial charge in [-0.3, -0.25) is 0 Å². The van der Waals surface area contributed by atoms with E-state index in [0.29, 0.717) is 0 Å². The monoisotopic (exact) mass is 307 g/mol. The molecule has 96 valence electrons. The highest BCUT2D eigenvalue weighted by Gasteiger charge is 2.55. The summed E-state index contributed by atoms with van der Waals surface area (Å²) in [6, 6.07) is 6.37. The molecular weight excluding hydrogens is 290 g/mol. The number of fused-ring (bicyclic) bond motifs is 4. The third-order valence-corrected chi connectivity index (χ3v) is 5.66. The molecule has 1 aromatic carbocycles. The Balaban J connectivity index is 1.74. The molecule has 0 radical (unpaired) electrons. The van der Waals surface area contributed by atoms with Crippen LogP contribution in [0, 0.1) is 11.8 Å². The summed E-state index contributed by atoms with van der Waals surface area (Å²) in [5, 5.41) is 0. The van der Waals surface area contributed by atoms with Crippen molar-refractivity contribution in [1.29, 1.82) is 0 Å². The Kier molecular flexibility index (Phi) is 2.34. The Labute approximate surface area is 116 Å². The lowest BCUT2D eigenvalue weighted by Gasteiger charge is -2.44. The van der Waals surface area contributed by atoms with Crippen molar-refractivity contribution in [2.75, 3.05) is 0 Å². The smallest absolute Gasteiger partial charge is 0.125 e. The number of nitrogens with two attached hydrogens (primary N) is 1. The van der Waals surface area contributed by atoms with Crippen molar-refractivity contribution < 1.29 is 4.74 Å². The first-order chi connectivity index (χ1) is 8.66. The first-order valence-electron chi connectivity index (χ1n) is 6.90. The molecule has 2 bridgehead atoms. The van der Waals surface area contributed by atoms with Crippen LogP contribution in [0.15, 0.2) is 22.7 Å². The third kappa shape index (κ3) is 1.50. The molecule has 0 saturated heterocycles. The number of rotatable bonds is 0. The first kappa shape index (κ1) is 11.3. The molecule has 2 nitrogen and oxygen atoms in total. The van der Waals surface area contributed by atoms with Crippen LogP contribution in [0.2, 0.25) is 0 Å². The van der Waals surface area contributed by atoms with Crippen molar-refractivity contribution >= 4 is 15.9 Å². The predicted molar refractivity (Wildman–Crippen MR) is 74.5 cm³/mol. The molecule has 0 amide bonds. The Hall–Kier alpha value is -0.540. The summed E-state index contributed by atoms with van der Waals surface area (Å²) in [5.74, 6) is 2.65. The SMILES string of the molecule is N[C@@H]1CC2(CC3CCC2C3)Oc2ccc(Br)cc21. The van der Waals surface area contributed by atoms with Crippen LogP contribution in [-0.2, 0) is 0 Å². The van der Waals surface area contributed by atoms with Gasteiger partial charge in [-0.05, 0) is 55.7 Å². The average Bonchev–Trinajstić information content (AvgIpc) is 2.91. The van der Waals surface area contributed by atoms with Crippen LogP contribution >= 0.6 is 15.9 Å². The van der Waals surface area contributed by atoms with E-state index in [1.165, 1.54) is 25.7 Å². The molecule has 18 heavy (non-hydrogen) atoms. The fourth-order valence-electron chi connectivity index (χ4n) is 4.41. The van der Waals surface area contributed by atoms with Gasteiger partial charge in [-0.1, -0.05) is 15.9 Å². The summed E-state index contributed by atoms with van der Waals surface area (Å²) >= 11 is 3.51. The highest BCUT2D eigenvalue weighted by Crippen LogP contribution is 2.57. The first-order valence-corrected chi connectivity index (χ1v) is 7.70. The molecule has 2 N–H and O–H groups in total. The molecule has 1 spiro atoms. The van der Waals surface area contributed by atoms with Crippen molar-refractivity contribution in [3.8, 4) is 5.75 Å². The van der Waals surface area contributed by atoms with Crippen LogP contribution < -0.4 is 10.5 Å². The second kappa shape index (κ2) is 3.73. The second-order valence-corrected chi connectivity index (χ2v) is 7.16. The van der Waals surface area contributed by atoms with Gasteiger partial charge in [0.05, 0.1) is 0 Å². The molecule has 3 unspecified atom stereocenters. The molecule has 4 atom stereocenters. The van der Waals surface area contributed by atoms with Crippen LogP contribution in [0.3, 0.4) is 0 Å². The van der Waals surface area contributed by atoms with Gasteiger partial charge >= 0.3 is 0 Å². The molecule has 2 aliphatic carbocycles. The molecular formula is C15H18BrNO. The predicted octanol–water partition coefficient (Wildman–Crippen LogP) is 3.79. The van der Waals surface area contributed by atoms with Crippen molar-refractivity contribution in [1.82, 2.24) is 0 Å². The van der Waals surface area contributed by atoms with Gasteiger partial charge in [-0.15, -0.1) is 0 Å². The summed E-state index contributed by atoms with van der Waals surface area (Å²) in [6.45, 7) is 0. The van der Waals surface area contributed by atoms with Crippen molar-refractivity contribution in [2.24, 2.45) is 17.6 Å². The van der Waals surface area contributed by atoms with E-state index >= 15 is 0 Å². The van der Waals surface area contributed by atoms with E-state index in [4.69, 9.17) is 10.5 Å². The van der Waals surface area contributed by atoms with Gasteiger partial charge in [-0.2, -0.15) is 0 Å². The summed E-state index contributed by atoms with van der Waals surface area (Å²) in [4.78, 5) is 0. The molecule has 1 aromatic rings. The Morgan fingerprint density at radius 3 is 2.89 bits per heavy atom. The van der Waals surface area contributed by atoms with Crippen LogP contribution in [0.1, 0.15) is 43.7 Å². The van der Waals surface area contributed by atoms with Gasteiger partial charge in [-0.25, -0.2) is 0 Å². The zero-order valence-corrected chi connectivity index (χ0v) is 11.9. The highest BCUT2D eigenvalue weighted by molar-refractivity contribution is 9.10. The largest absolute Gasteiger partial charge is 0.487 e. The maximum absolute atomic E-state index is 6.44. The van der Waals surface area contributed by atoms with Crippen molar-refractivity contribution in [3.63, 3.8) is 0 Å². The van der Waals surface area contributed by atoms with Gasteiger partial charge in [0.25, 0.3) is 0 Å². The lowest BCUT2D eigenvalue weighted by atomic mass is 9.76. The number of ether oxygens (including phenoxy) is 1. The highest BCUT2D eigenvalue weighted by atomic mass is 79.9. The van der Waals surface area contributed by atoms with Crippen LogP contribution in [-0.4, -0.2) is 5.60 Å². The van der Waals surface area contributed by atoms with Gasteiger partial charge < -0.3 is 10.5 Å². The maximum atomic E-state index is 6.44. The number of hydrogen-bond acceptors (Lipinski definition) is 2. The fraction of sp³-hybridized carbons (Fsp3) is 0.600. The fourth-order valence-corrected chi connectivity index (χ4v) is 4.79. The lowest BCUT2D eigenvalue weighted by molar-refractivity contribution is -0.0141. The molecule has 2 fully saturated rings. The Bertz CT molecular complexity index is 503. The van der Waals surface area contributed by atoms with Crippen molar-refractivity contribution in [3.05, 3.63) is 28.2 Å². The number of benzene rings is 1. The van der Waals surface area contributed by atoms with Crippen LogP contribution in [0.25, 0.3) is 0 Å². The summed E-state index contributed by atoms with van der Waals surface area (Å²) in [7, 11) is 0. The summed E-state index contributed by atoms with van der Waals surface area (Å²) < 4.78 is 7.53. The molecule has 1 heterocycles. The molecule has 2 saturated carbocycles. The molecule has 3 aliphatic rings. The maximum Gasteiger partial charge on any atom is 0.125 e. The van der Waals surface area contributed by atoms with Gasteiger partial charge in [0, 0.05) is 22.5 Å². The van der Waals surface area contributed by atoms with Crippen molar-refractivity contribution in [2.45, 2.75) is 43.7 Å². The van der Waals surface area contributed by atoms with Gasteiger partial charge in [0.1, 0.15) is 11.4 Å². The third-order valence-electron chi connectivity index (χ3n) is 5.17. The van der Waals surface area contributed by atoms with E-state index in [0.717, 1.165) is 34.0 Å². The van der Waals surface area contributed by atoms with E-state index in [1.54, 1.807) is 0 Å². The van der Waals surface area contributed by atoms with E-state index in [-0.39, 0.29) is 11.6 Å². The summed E-state index contributed by atoms with van der Waals surface area (Å²) in [6.07, 6.45) is 6.32. The minimum Gasteiger partial charge on any atom is -0.487 e. The van der Waals surface area contributed by atoms with Crippen LogP contribution in [0.4, 0.5) is 0 Å². The van der Waals surface area contributed by atoms with E-state index in [1.807, 2.05) is 0 Å². The van der Waals surface area contributed by atoms with E-state index < -0.39 is 0 Å². The molecule has 4 rings (SSSR count). The average molecular weight is 308 g/mol. The molecule has 1 aliphatic heterocycles. The Morgan fingerprint density at radius 1 is 1.28 bits per heavy atom. The lowest BCUT2D eigenvalue weighted by Crippen LogP contribution is -2.47. The minimum atomic E-state index is 0.0587. The number of halogens is 1. The summed E-state index contributed by atoms with van der Waals surface area (Å²) in [5.41, 5.74) is 7.62. The quantitative estimate of drug-likeness (QED) is 0.791. The molecule has 0 aromatic heterocycles. The van der Waals surface area contributed by atoms with E-state index in [9.17, 15) is 0 Å². The topological polar surface area (TPSA) is 35.2 Å². The normalized spacial score (nSPS) is 40.9. The zero-order valence-electron chi connectivity index (χ0n) is 10.4. The molecule has 3 heteroatoms. The minimum absolute atomic E-state index is 0.0587. The van der Waals surface area contributed by atoms with E-state index in [2.05, 4.69) is 34.1 Å². The van der Waals surface area contributed by atoms with Gasteiger partial charge in [0.15, 0.2) is 0 Å². The standard InChI is InChI=1S/C15H18BrNO/c16-11-3-4-14-12(6-11)13(17)8-15(18-14)7-9-1-2-10(15)5-9/h3-4,6,9-10,13H,1-2,5,7-8,17H2/t9?,10?,13-,15?/m1/s1. The van der Waals surface area contributed by atoms with Gasteiger partial charge in [0.2, 0.25) is 0 Å². The van der Waals surface area contributed by atoms with Crippen LogP contribution in [0.5, 0.6) is 5.75 Å².